The van der Waals surface area contributed by atoms with Crippen molar-refractivity contribution in [2.75, 3.05) is 0 Å². The van der Waals surface area contributed by atoms with Gasteiger partial charge in [0.2, 0.25) is 5.65 Å². The molecule has 0 atom stereocenters. The summed E-state index contributed by atoms with van der Waals surface area (Å²) >= 11 is 0. The molecule has 0 N–H and O–H groups in total. The summed E-state index contributed by atoms with van der Waals surface area (Å²) in [6, 6.07) is 2.59. The molecule has 0 bridgehead atoms. The number of halogens is 3. The largest absolute Gasteiger partial charge is 0.573 e. The van der Waals surface area contributed by atoms with E-state index in [1.807, 2.05) is 0 Å². The van der Waals surface area contributed by atoms with Crippen molar-refractivity contribution >= 4 is 5.65 Å². The molecule has 14 heavy (non-hydrogen) atoms. The van der Waals surface area contributed by atoms with Gasteiger partial charge in [-0.05, 0) is 12.1 Å². The SMILES string of the molecule is FC(F)(F)Oc1cccn2cnnc12. The molecular formula is C7H4F3N3O. The highest BCUT2D eigenvalue weighted by molar-refractivity contribution is 5.52. The Morgan fingerprint density at radius 3 is 2.86 bits per heavy atom. The van der Waals surface area contributed by atoms with Crippen molar-refractivity contribution in [2.24, 2.45) is 0 Å². The molecule has 2 aromatic heterocycles. The first kappa shape index (κ1) is 8.79. The number of rotatable bonds is 1. The number of pyridine rings is 1. The average molecular weight is 203 g/mol. The van der Waals surface area contributed by atoms with Crippen molar-refractivity contribution in [3.05, 3.63) is 24.7 Å². The summed E-state index contributed by atoms with van der Waals surface area (Å²) in [5, 5.41) is 6.95. The van der Waals surface area contributed by atoms with E-state index in [0.29, 0.717) is 0 Å². The average Bonchev–Trinajstić information content (AvgIpc) is 2.49. The smallest absolute Gasteiger partial charge is 0.402 e. The summed E-state index contributed by atoms with van der Waals surface area (Å²) in [6.07, 6.45) is -1.90. The number of ether oxygens (including phenoxy) is 1. The molecule has 4 nitrogen and oxygen atoms in total. The quantitative estimate of drug-likeness (QED) is 0.707. The Labute approximate surface area is 75.9 Å². The normalized spacial score (nSPS) is 11.9. The van der Waals surface area contributed by atoms with Gasteiger partial charge in [0, 0.05) is 6.20 Å². The minimum Gasteiger partial charge on any atom is -0.402 e. The fraction of sp³-hybridized carbons (Fsp3) is 0.143. The molecule has 2 rings (SSSR count). The molecule has 0 fully saturated rings. The lowest BCUT2D eigenvalue weighted by molar-refractivity contribution is -0.274. The van der Waals surface area contributed by atoms with Gasteiger partial charge in [0.25, 0.3) is 0 Å². The third kappa shape index (κ3) is 1.61. The minimum absolute atomic E-state index is 0.0322. The van der Waals surface area contributed by atoms with Crippen LogP contribution in [0.5, 0.6) is 5.75 Å². The lowest BCUT2D eigenvalue weighted by atomic mass is 10.4. The fourth-order valence-electron chi connectivity index (χ4n) is 1.03. The maximum absolute atomic E-state index is 11.9. The summed E-state index contributed by atoms with van der Waals surface area (Å²) in [5.74, 6) is -0.363. The molecule has 0 aliphatic carbocycles. The maximum atomic E-state index is 11.9. The Kier molecular flexibility index (Phi) is 1.80. The van der Waals surface area contributed by atoms with Crippen LogP contribution in [0.4, 0.5) is 13.2 Å². The number of fused-ring (bicyclic) bond motifs is 1. The maximum Gasteiger partial charge on any atom is 0.573 e. The number of alkyl halides is 3. The molecule has 0 spiro atoms. The van der Waals surface area contributed by atoms with E-state index in [2.05, 4.69) is 14.9 Å². The molecule has 0 amide bonds. The summed E-state index contributed by atoms with van der Waals surface area (Å²) in [5.41, 5.74) is 0.0322. The first-order valence-electron chi connectivity index (χ1n) is 3.60. The van der Waals surface area contributed by atoms with Crippen LogP contribution >= 0.6 is 0 Å². The molecule has 7 heteroatoms. The van der Waals surface area contributed by atoms with E-state index in [9.17, 15) is 13.2 Å². The number of nitrogens with zero attached hydrogens (tertiary/aromatic N) is 3. The number of hydrogen-bond donors (Lipinski definition) is 0. The van der Waals surface area contributed by atoms with Gasteiger partial charge in [0.05, 0.1) is 0 Å². The Bertz CT molecular complexity index is 451. The van der Waals surface area contributed by atoms with Gasteiger partial charge in [-0.1, -0.05) is 0 Å². The van der Waals surface area contributed by atoms with Crippen molar-refractivity contribution in [1.82, 2.24) is 14.6 Å². The van der Waals surface area contributed by atoms with Gasteiger partial charge in [0.1, 0.15) is 6.33 Å². The van der Waals surface area contributed by atoms with E-state index >= 15 is 0 Å². The van der Waals surface area contributed by atoms with Crippen LogP contribution in [0.2, 0.25) is 0 Å². The van der Waals surface area contributed by atoms with E-state index in [0.717, 1.165) is 0 Å². The highest BCUT2D eigenvalue weighted by Gasteiger charge is 2.32. The van der Waals surface area contributed by atoms with Crippen LogP contribution in [0.15, 0.2) is 24.7 Å². The van der Waals surface area contributed by atoms with Crippen molar-refractivity contribution in [3.63, 3.8) is 0 Å². The van der Waals surface area contributed by atoms with Crippen molar-refractivity contribution in [3.8, 4) is 5.75 Å². The minimum atomic E-state index is -4.71. The Morgan fingerprint density at radius 1 is 1.36 bits per heavy atom. The molecule has 0 unspecified atom stereocenters. The lowest BCUT2D eigenvalue weighted by Crippen LogP contribution is -2.17. The summed E-state index contributed by atoms with van der Waals surface area (Å²) < 4.78 is 40.8. The van der Waals surface area contributed by atoms with E-state index in [-0.39, 0.29) is 11.4 Å². The van der Waals surface area contributed by atoms with Gasteiger partial charge in [0.15, 0.2) is 5.75 Å². The molecule has 2 aromatic rings. The fourth-order valence-corrected chi connectivity index (χ4v) is 1.03. The first-order valence-corrected chi connectivity index (χ1v) is 3.60. The van der Waals surface area contributed by atoms with Gasteiger partial charge < -0.3 is 4.74 Å². The monoisotopic (exact) mass is 203 g/mol. The zero-order valence-electron chi connectivity index (χ0n) is 6.69. The zero-order valence-corrected chi connectivity index (χ0v) is 6.69. The molecule has 0 saturated carbocycles. The third-order valence-electron chi connectivity index (χ3n) is 1.51. The topological polar surface area (TPSA) is 39.4 Å². The summed E-state index contributed by atoms with van der Waals surface area (Å²) in [6.45, 7) is 0. The number of aromatic nitrogens is 3. The van der Waals surface area contributed by atoms with E-state index in [1.165, 1.54) is 29.1 Å². The second kappa shape index (κ2) is 2.86. The predicted molar refractivity (Wildman–Crippen MR) is 39.7 cm³/mol. The Morgan fingerprint density at radius 2 is 2.14 bits per heavy atom. The number of hydrogen-bond acceptors (Lipinski definition) is 3. The predicted octanol–water partition coefficient (Wildman–Crippen LogP) is 1.63. The van der Waals surface area contributed by atoms with Crippen molar-refractivity contribution in [1.29, 1.82) is 0 Å². The van der Waals surface area contributed by atoms with Crippen LogP contribution in [-0.2, 0) is 0 Å². The zero-order chi connectivity index (χ0) is 10.2. The van der Waals surface area contributed by atoms with Gasteiger partial charge in [-0.3, -0.25) is 4.40 Å². The van der Waals surface area contributed by atoms with Gasteiger partial charge in [-0.25, -0.2) is 0 Å². The third-order valence-corrected chi connectivity index (χ3v) is 1.51. The van der Waals surface area contributed by atoms with E-state index < -0.39 is 6.36 Å². The van der Waals surface area contributed by atoms with Crippen molar-refractivity contribution in [2.45, 2.75) is 6.36 Å². The lowest BCUT2D eigenvalue weighted by Gasteiger charge is -2.08. The van der Waals surface area contributed by atoms with Crippen LogP contribution in [0, 0.1) is 0 Å². The molecule has 0 aliphatic heterocycles. The first-order chi connectivity index (χ1) is 6.56. The van der Waals surface area contributed by atoms with Gasteiger partial charge in [-0.2, -0.15) is 0 Å². The molecule has 0 aromatic carbocycles. The highest BCUT2D eigenvalue weighted by Crippen LogP contribution is 2.25. The summed E-state index contributed by atoms with van der Waals surface area (Å²) in [7, 11) is 0. The van der Waals surface area contributed by atoms with Gasteiger partial charge in [-0.15, -0.1) is 23.4 Å². The standard InChI is InChI=1S/C7H4F3N3O/c8-7(9,10)14-5-2-1-3-13-4-11-12-6(5)13/h1-4H. The van der Waals surface area contributed by atoms with Crippen LogP contribution in [0.3, 0.4) is 0 Å². The molecule has 2 heterocycles. The van der Waals surface area contributed by atoms with Crippen LogP contribution in [0.25, 0.3) is 5.65 Å². The second-order valence-corrected chi connectivity index (χ2v) is 2.48. The van der Waals surface area contributed by atoms with E-state index in [1.54, 1.807) is 0 Å². The van der Waals surface area contributed by atoms with Crippen LogP contribution < -0.4 is 4.74 Å². The second-order valence-electron chi connectivity index (χ2n) is 2.48. The van der Waals surface area contributed by atoms with Gasteiger partial charge >= 0.3 is 6.36 Å². The molecular weight excluding hydrogens is 199 g/mol. The molecule has 74 valence electrons. The molecule has 0 saturated heterocycles. The van der Waals surface area contributed by atoms with E-state index in [4.69, 9.17) is 0 Å². The Hall–Kier alpha value is -1.79. The highest BCUT2D eigenvalue weighted by atomic mass is 19.4. The molecule has 0 aliphatic rings. The van der Waals surface area contributed by atoms with Crippen LogP contribution in [0.1, 0.15) is 0 Å². The Balaban J connectivity index is 2.46. The molecule has 0 radical (unpaired) electrons. The van der Waals surface area contributed by atoms with Crippen molar-refractivity contribution < 1.29 is 17.9 Å². The van der Waals surface area contributed by atoms with Crippen LogP contribution in [-0.4, -0.2) is 21.0 Å². The summed E-state index contributed by atoms with van der Waals surface area (Å²) in [4.78, 5) is 0.